The maximum atomic E-state index is 13.8. The highest BCUT2D eigenvalue weighted by atomic mass is 32.1. The van der Waals surface area contributed by atoms with Gasteiger partial charge in [-0.05, 0) is 61.1 Å². The van der Waals surface area contributed by atoms with Crippen molar-refractivity contribution >= 4 is 29.2 Å². The van der Waals surface area contributed by atoms with Crippen molar-refractivity contribution < 1.29 is 13.9 Å². The number of anilines is 1. The van der Waals surface area contributed by atoms with Gasteiger partial charge in [-0.3, -0.25) is 5.43 Å². The summed E-state index contributed by atoms with van der Waals surface area (Å²) in [6.07, 6.45) is 1.63. The zero-order chi connectivity index (χ0) is 21.2. The highest BCUT2D eigenvalue weighted by Crippen LogP contribution is 2.29. The average Bonchev–Trinajstić information content (AvgIpc) is 2.75. The van der Waals surface area contributed by atoms with Gasteiger partial charge in [0.15, 0.2) is 16.6 Å². The molecule has 3 aromatic carbocycles. The zero-order valence-electron chi connectivity index (χ0n) is 16.5. The van der Waals surface area contributed by atoms with E-state index in [-0.39, 0.29) is 12.4 Å². The smallest absolute Gasteiger partial charge is 0.191 e. The minimum atomic E-state index is -0.301. The number of thiocarbonyl (C=S) groups is 1. The standard InChI is InChI=1S/C23H22FN3O2S/c1-2-28-22-14-17(15-25-27-23(30)26-19-9-4-3-5-10-19)12-13-21(22)29-16-18-8-6-7-11-20(18)24/h3-15H,2,16H2,1H3,(H2,26,27,30)/b25-15-. The number of hydrogen-bond acceptors (Lipinski definition) is 4. The monoisotopic (exact) mass is 423 g/mol. The van der Waals surface area contributed by atoms with Gasteiger partial charge >= 0.3 is 0 Å². The largest absolute Gasteiger partial charge is 0.490 e. The van der Waals surface area contributed by atoms with Crippen LogP contribution >= 0.6 is 12.2 Å². The van der Waals surface area contributed by atoms with Crippen LogP contribution in [0.2, 0.25) is 0 Å². The maximum absolute atomic E-state index is 13.8. The fourth-order valence-corrected chi connectivity index (χ4v) is 2.78. The van der Waals surface area contributed by atoms with Crippen molar-refractivity contribution in [2.75, 3.05) is 11.9 Å². The van der Waals surface area contributed by atoms with E-state index >= 15 is 0 Å². The Labute approximate surface area is 180 Å². The molecule has 0 heterocycles. The predicted molar refractivity (Wildman–Crippen MR) is 122 cm³/mol. The predicted octanol–water partition coefficient (Wildman–Crippen LogP) is 5.12. The van der Waals surface area contributed by atoms with Gasteiger partial charge in [0.1, 0.15) is 12.4 Å². The van der Waals surface area contributed by atoms with E-state index in [9.17, 15) is 4.39 Å². The summed E-state index contributed by atoms with van der Waals surface area (Å²) in [5.74, 6) is 0.791. The second kappa shape index (κ2) is 10.9. The second-order valence-electron chi connectivity index (χ2n) is 6.21. The van der Waals surface area contributed by atoms with E-state index < -0.39 is 0 Å². The number of rotatable bonds is 8. The van der Waals surface area contributed by atoms with Crippen molar-refractivity contribution in [2.45, 2.75) is 13.5 Å². The van der Waals surface area contributed by atoms with Crippen molar-refractivity contribution in [1.82, 2.24) is 5.43 Å². The average molecular weight is 424 g/mol. The highest BCUT2D eigenvalue weighted by Gasteiger charge is 2.08. The van der Waals surface area contributed by atoms with E-state index in [1.165, 1.54) is 6.07 Å². The van der Waals surface area contributed by atoms with Gasteiger partial charge in [-0.2, -0.15) is 5.10 Å². The van der Waals surface area contributed by atoms with Crippen LogP contribution < -0.4 is 20.2 Å². The summed E-state index contributed by atoms with van der Waals surface area (Å²) in [4.78, 5) is 0. The Morgan fingerprint density at radius 3 is 2.53 bits per heavy atom. The Morgan fingerprint density at radius 1 is 1.00 bits per heavy atom. The van der Waals surface area contributed by atoms with Crippen molar-refractivity contribution in [2.24, 2.45) is 5.10 Å². The summed E-state index contributed by atoms with van der Waals surface area (Å²) >= 11 is 5.22. The molecule has 0 bridgehead atoms. The van der Waals surface area contributed by atoms with Crippen LogP contribution in [0.15, 0.2) is 77.9 Å². The molecule has 0 aliphatic rings. The fraction of sp³-hybridized carbons (Fsp3) is 0.130. The molecule has 154 valence electrons. The molecule has 3 aromatic rings. The van der Waals surface area contributed by atoms with Gasteiger partial charge in [0.25, 0.3) is 0 Å². The molecule has 0 atom stereocenters. The third-order valence-electron chi connectivity index (χ3n) is 4.02. The molecule has 0 fully saturated rings. The minimum absolute atomic E-state index is 0.112. The third-order valence-corrected chi connectivity index (χ3v) is 4.21. The van der Waals surface area contributed by atoms with Crippen LogP contribution in [0.1, 0.15) is 18.1 Å². The van der Waals surface area contributed by atoms with Crippen molar-refractivity contribution in [3.8, 4) is 11.5 Å². The molecule has 0 saturated carbocycles. The SMILES string of the molecule is CCOc1cc(/C=N\NC(=S)Nc2ccccc2)ccc1OCc1ccccc1F. The Kier molecular flexibility index (Phi) is 7.74. The Hall–Kier alpha value is -3.45. The van der Waals surface area contributed by atoms with E-state index in [2.05, 4.69) is 15.8 Å². The van der Waals surface area contributed by atoms with Crippen molar-refractivity contribution in [3.63, 3.8) is 0 Å². The molecular formula is C23H22FN3O2S. The molecule has 0 saturated heterocycles. The van der Waals surface area contributed by atoms with Gasteiger partial charge in [-0.25, -0.2) is 4.39 Å². The summed E-state index contributed by atoms with van der Waals surface area (Å²) < 4.78 is 25.2. The summed E-state index contributed by atoms with van der Waals surface area (Å²) in [5.41, 5.74) is 4.93. The van der Waals surface area contributed by atoms with Crippen LogP contribution in [-0.4, -0.2) is 17.9 Å². The van der Waals surface area contributed by atoms with E-state index in [1.54, 1.807) is 36.5 Å². The summed E-state index contributed by atoms with van der Waals surface area (Å²) in [6.45, 7) is 2.47. The van der Waals surface area contributed by atoms with Gasteiger partial charge in [0.2, 0.25) is 0 Å². The van der Waals surface area contributed by atoms with Gasteiger partial charge in [-0.15, -0.1) is 0 Å². The lowest BCUT2D eigenvalue weighted by Crippen LogP contribution is -2.23. The lowest BCUT2D eigenvalue weighted by molar-refractivity contribution is 0.266. The number of nitrogens with zero attached hydrogens (tertiary/aromatic N) is 1. The molecular weight excluding hydrogens is 401 g/mol. The Morgan fingerprint density at radius 2 is 1.77 bits per heavy atom. The molecule has 0 amide bonds. The summed E-state index contributed by atoms with van der Waals surface area (Å²) in [6, 6.07) is 21.5. The number of benzene rings is 3. The number of hydrazone groups is 1. The molecule has 0 radical (unpaired) electrons. The normalized spacial score (nSPS) is 10.6. The maximum Gasteiger partial charge on any atom is 0.191 e. The minimum Gasteiger partial charge on any atom is -0.490 e. The molecule has 0 unspecified atom stereocenters. The van der Waals surface area contributed by atoms with E-state index in [0.29, 0.717) is 28.8 Å². The van der Waals surface area contributed by atoms with Crippen LogP contribution in [0.3, 0.4) is 0 Å². The van der Waals surface area contributed by atoms with Crippen LogP contribution in [0.25, 0.3) is 0 Å². The topological polar surface area (TPSA) is 54.9 Å². The Bertz CT molecular complexity index is 1010. The molecule has 0 spiro atoms. The third kappa shape index (κ3) is 6.28. The number of halogens is 1. The first-order chi connectivity index (χ1) is 14.7. The molecule has 0 aliphatic carbocycles. The first-order valence-corrected chi connectivity index (χ1v) is 9.84. The fourth-order valence-electron chi connectivity index (χ4n) is 2.61. The van der Waals surface area contributed by atoms with E-state index in [1.807, 2.05) is 43.3 Å². The van der Waals surface area contributed by atoms with Gasteiger partial charge in [0, 0.05) is 11.3 Å². The first kappa shape index (κ1) is 21.3. The lowest BCUT2D eigenvalue weighted by atomic mass is 10.2. The van der Waals surface area contributed by atoms with Gasteiger partial charge in [-0.1, -0.05) is 36.4 Å². The highest BCUT2D eigenvalue weighted by molar-refractivity contribution is 7.80. The van der Waals surface area contributed by atoms with Gasteiger partial charge < -0.3 is 14.8 Å². The lowest BCUT2D eigenvalue weighted by Gasteiger charge is -2.13. The van der Waals surface area contributed by atoms with Crippen LogP contribution in [0.4, 0.5) is 10.1 Å². The number of nitrogens with one attached hydrogen (secondary N) is 2. The number of hydrogen-bond donors (Lipinski definition) is 2. The number of para-hydroxylation sites is 1. The molecule has 0 aliphatic heterocycles. The second-order valence-corrected chi connectivity index (χ2v) is 6.62. The molecule has 7 heteroatoms. The zero-order valence-corrected chi connectivity index (χ0v) is 17.3. The first-order valence-electron chi connectivity index (χ1n) is 9.44. The Balaban J connectivity index is 1.61. The van der Waals surface area contributed by atoms with Gasteiger partial charge in [0.05, 0.1) is 12.8 Å². The summed E-state index contributed by atoms with van der Waals surface area (Å²) in [5, 5.41) is 7.57. The molecule has 2 N–H and O–H groups in total. The molecule has 5 nitrogen and oxygen atoms in total. The summed E-state index contributed by atoms with van der Waals surface area (Å²) in [7, 11) is 0. The molecule has 3 rings (SSSR count). The van der Waals surface area contributed by atoms with E-state index in [4.69, 9.17) is 21.7 Å². The van der Waals surface area contributed by atoms with Crippen LogP contribution in [0, 0.1) is 5.82 Å². The molecule has 30 heavy (non-hydrogen) atoms. The van der Waals surface area contributed by atoms with Crippen LogP contribution in [0.5, 0.6) is 11.5 Å². The van der Waals surface area contributed by atoms with E-state index in [0.717, 1.165) is 11.3 Å². The van der Waals surface area contributed by atoms with Crippen molar-refractivity contribution in [1.29, 1.82) is 0 Å². The number of ether oxygens (including phenoxy) is 2. The quantitative estimate of drug-likeness (QED) is 0.299. The van der Waals surface area contributed by atoms with Crippen LogP contribution in [-0.2, 0) is 6.61 Å². The van der Waals surface area contributed by atoms with Crippen molar-refractivity contribution in [3.05, 3.63) is 89.7 Å². The molecule has 0 aromatic heterocycles.